The molecule has 7 nitrogen and oxygen atoms in total. The summed E-state index contributed by atoms with van der Waals surface area (Å²) < 4.78 is 10.7. The molecule has 2 aliphatic heterocycles. The van der Waals surface area contributed by atoms with Gasteiger partial charge in [0.1, 0.15) is 24.4 Å². The van der Waals surface area contributed by atoms with E-state index in [2.05, 4.69) is 0 Å². The van der Waals surface area contributed by atoms with Crippen LogP contribution in [0.2, 0.25) is 0 Å². The number of carbonyl (C=O) groups excluding carboxylic acids is 1. The summed E-state index contributed by atoms with van der Waals surface area (Å²) in [6.07, 6.45) is -3.88. The van der Waals surface area contributed by atoms with E-state index < -0.39 is 24.4 Å². The average molecular weight is 323 g/mol. The van der Waals surface area contributed by atoms with Crippen molar-refractivity contribution in [3.8, 4) is 0 Å². The summed E-state index contributed by atoms with van der Waals surface area (Å²) in [4.78, 5) is 14.2. The Morgan fingerprint density at radius 3 is 2.61 bits per heavy atom. The molecule has 0 aliphatic carbocycles. The SMILES string of the molecule is O=C(c1cccc([C@@H]2O[C@H](CO)[C@@H](O)[C@H]2O)c1)N1CCOCC1. The van der Waals surface area contributed by atoms with Gasteiger partial charge in [-0.25, -0.2) is 0 Å². The molecule has 1 aromatic carbocycles. The molecule has 1 amide bonds. The molecule has 1 aromatic rings. The van der Waals surface area contributed by atoms with Gasteiger partial charge in [0.05, 0.1) is 19.8 Å². The van der Waals surface area contributed by atoms with Gasteiger partial charge in [0.15, 0.2) is 0 Å². The molecule has 2 saturated heterocycles. The van der Waals surface area contributed by atoms with E-state index in [0.717, 1.165) is 0 Å². The summed E-state index contributed by atoms with van der Waals surface area (Å²) in [5, 5.41) is 29.1. The van der Waals surface area contributed by atoms with Gasteiger partial charge in [-0.2, -0.15) is 0 Å². The zero-order chi connectivity index (χ0) is 16.4. The lowest BCUT2D eigenvalue weighted by Crippen LogP contribution is -2.40. The fraction of sp³-hybridized carbons (Fsp3) is 0.562. The van der Waals surface area contributed by atoms with Crippen molar-refractivity contribution in [2.75, 3.05) is 32.9 Å². The Hall–Kier alpha value is -1.51. The van der Waals surface area contributed by atoms with Gasteiger partial charge in [0.2, 0.25) is 0 Å². The number of hydrogen-bond acceptors (Lipinski definition) is 6. The first-order chi connectivity index (χ1) is 11.1. The maximum absolute atomic E-state index is 12.5. The number of aliphatic hydroxyl groups excluding tert-OH is 3. The van der Waals surface area contributed by atoms with Crippen LogP contribution in [0.4, 0.5) is 0 Å². The zero-order valence-electron chi connectivity index (χ0n) is 12.7. The lowest BCUT2D eigenvalue weighted by molar-refractivity contribution is -0.0227. The molecule has 0 saturated carbocycles. The molecule has 2 heterocycles. The van der Waals surface area contributed by atoms with Crippen LogP contribution in [0.1, 0.15) is 22.0 Å². The highest BCUT2D eigenvalue weighted by molar-refractivity contribution is 5.94. The van der Waals surface area contributed by atoms with Gasteiger partial charge in [0, 0.05) is 18.7 Å². The van der Waals surface area contributed by atoms with Crippen molar-refractivity contribution in [2.24, 2.45) is 0 Å². The van der Waals surface area contributed by atoms with Crippen LogP contribution in [0.15, 0.2) is 24.3 Å². The number of carbonyl (C=O) groups is 1. The molecule has 2 fully saturated rings. The minimum absolute atomic E-state index is 0.0955. The van der Waals surface area contributed by atoms with Crippen molar-refractivity contribution in [1.29, 1.82) is 0 Å². The van der Waals surface area contributed by atoms with Crippen molar-refractivity contribution in [3.63, 3.8) is 0 Å². The summed E-state index contributed by atoms with van der Waals surface area (Å²) in [7, 11) is 0. The number of aliphatic hydroxyl groups is 3. The standard InChI is InChI=1S/C16H21NO6/c18-9-12-13(19)14(20)15(23-12)10-2-1-3-11(8-10)16(21)17-4-6-22-7-5-17/h1-3,8,12-15,18-20H,4-7,9H2/t12-,13-,14-,15+/m1/s1. The van der Waals surface area contributed by atoms with E-state index in [0.29, 0.717) is 37.4 Å². The highest BCUT2D eigenvalue weighted by atomic mass is 16.6. The number of amides is 1. The van der Waals surface area contributed by atoms with E-state index in [4.69, 9.17) is 14.6 Å². The lowest BCUT2D eigenvalue weighted by Gasteiger charge is -2.27. The van der Waals surface area contributed by atoms with Gasteiger partial charge in [0.25, 0.3) is 5.91 Å². The fourth-order valence-electron chi connectivity index (χ4n) is 2.97. The highest BCUT2D eigenvalue weighted by Gasteiger charge is 2.43. The van der Waals surface area contributed by atoms with Crippen molar-refractivity contribution in [1.82, 2.24) is 4.90 Å². The molecular weight excluding hydrogens is 302 g/mol. The quantitative estimate of drug-likeness (QED) is 0.681. The van der Waals surface area contributed by atoms with E-state index >= 15 is 0 Å². The first-order valence-corrected chi connectivity index (χ1v) is 7.71. The van der Waals surface area contributed by atoms with Gasteiger partial charge in [-0.1, -0.05) is 12.1 Å². The third-order valence-electron chi connectivity index (χ3n) is 4.30. The first-order valence-electron chi connectivity index (χ1n) is 7.71. The number of hydrogen-bond donors (Lipinski definition) is 3. The topological polar surface area (TPSA) is 99.5 Å². The molecule has 0 unspecified atom stereocenters. The van der Waals surface area contributed by atoms with Crippen LogP contribution in [0.25, 0.3) is 0 Å². The first kappa shape index (κ1) is 16.4. The Morgan fingerprint density at radius 2 is 1.96 bits per heavy atom. The van der Waals surface area contributed by atoms with Gasteiger partial charge in [-0.3, -0.25) is 4.79 Å². The van der Waals surface area contributed by atoms with Gasteiger partial charge >= 0.3 is 0 Å². The van der Waals surface area contributed by atoms with Crippen molar-refractivity contribution in [2.45, 2.75) is 24.4 Å². The molecule has 0 spiro atoms. The molecule has 4 atom stereocenters. The van der Waals surface area contributed by atoms with Crippen LogP contribution in [-0.4, -0.2) is 77.3 Å². The number of benzene rings is 1. The van der Waals surface area contributed by atoms with E-state index in [9.17, 15) is 15.0 Å². The number of ether oxygens (including phenoxy) is 2. The summed E-state index contributed by atoms with van der Waals surface area (Å²) in [6.45, 7) is 1.79. The minimum Gasteiger partial charge on any atom is -0.394 e. The number of morpholine rings is 1. The number of rotatable bonds is 3. The molecule has 2 aliphatic rings. The third-order valence-corrected chi connectivity index (χ3v) is 4.30. The maximum atomic E-state index is 12.5. The predicted molar refractivity (Wildman–Crippen MR) is 79.9 cm³/mol. The Labute approximate surface area is 134 Å². The second kappa shape index (κ2) is 6.94. The molecular formula is C16H21NO6. The Balaban J connectivity index is 1.78. The maximum Gasteiger partial charge on any atom is 0.254 e. The molecule has 7 heteroatoms. The van der Waals surface area contributed by atoms with Crippen LogP contribution in [0.5, 0.6) is 0 Å². The molecule has 0 bridgehead atoms. The molecule has 3 rings (SSSR count). The Kier molecular flexibility index (Phi) is 4.93. The van der Waals surface area contributed by atoms with Crippen molar-refractivity contribution in [3.05, 3.63) is 35.4 Å². The van der Waals surface area contributed by atoms with E-state index in [1.54, 1.807) is 29.2 Å². The molecule has 0 radical (unpaired) electrons. The van der Waals surface area contributed by atoms with Crippen LogP contribution in [0, 0.1) is 0 Å². The summed E-state index contributed by atoms with van der Waals surface area (Å²) >= 11 is 0. The minimum atomic E-state index is -1.15. The van der Waals surface area contributed by atoms with E-state index in [-0.39, 0.29) is 12.5 Å². The van der Waals surface area contributed by atoms with Crippen LogP contribution in [-0.2, 0) is 9.47 Å². The molecule has 3 N–H and O–H groups in total. The Morgan fingerprint density at radius 1 is 1.22 bits per heavy atom. The fourth-order valence-corrected chi connectivity index (χ4v) is 2.97. The summed E-state index contributed by atoms with van der Waals surface area (Å²) in [5.41, 5.74) is 1.11. The second-order valence-electron chi connectivity index (χ2n) is 5.79. The van der Waals surface area contributed by atoms with E-state index in [1.807, 2.05) is 0 Å². The summed E-state index contributed by atoms with van der Waals surface area (Å²) in [6, 6.07) is 6.83. The van der Waals surface area contributed by atoms with Crippen LogP contribution >= 0.6 is 0 Å². The monoisotopic (exact) mass is 323 g/mol. The van der Waals surface area contributed by atoms with Gasteiger partial charge < -0.3 is 29.7 Å². The highest BCUT2D eigenvalue weighted by Crippen LogP contribution is 2.33. The van der Waals surface area contributed by atoms with Crippen LogP contribution in [0.3, 0.4) is 0 Å². The normalized spacial score (nSPS) is 31.3. The largest absolute Gasteiger partial charge is 0.394 e. The van der Waals surface area contributed by atoms with Crippen molar-refractivity contribution < 1.29 is 29.6 Å². The lowest BCUT2D eigenvalue weighted by atomic mass is 9.99. The second-order valence-corrected chi connectivity index (χ2v) is 5.79. The summed E-state index contributed by atoms with van der Waals surface area (Å²) in [5.74, 6) is -0.0955. The van der Waals surface area contributed by atoms with E-state index in [1.165, 1.54) is 0 Å². The predicted octanol–water partition coefficient (Wildman–Crippen LogP) is -0.687. The van der Waals surface area contributed by atoms with Gasteiger partial charge in [-0.05, 0) is 17.7 Å². The average Bonchev–Trinajstić information content (AvgIpc) is 2.90. The van der Waals surface area contributed by atoms with Crippen molar-refractivity contribution >= 4 is 5.91 Å². The third kappa shape index (κ3) is 3.24. The molecule has 126 valence electrons. The zero-order valence-corrected chi connectivity index (χ0v) is 12.7. The number of nitrogens with zero attached hydrogens (tertiary/aromatic N) is 1. The van der Waals surface area contributed by atoms with Gasteiger partial charge in [-0.15, -0.1) is 0 Å². The Bertz CT molecular complexity index is 559. The van der Waals surface area contributed by atoms with Crippen LogP contribution < -0.4 is 0 Å². The molecule has 23 heavy (non-hydrogen) atoms. The molecule has 0 aromatic heterocycles. The smallest absolute Gasteiger partial charge is 0.254 e.